The lowest BCUT2D eigenvalue weighted by Crippen LogP contribution is -2.39. The Morgan fingerprint density at radius 1 is 1.28 bits per heavy atom. The predicted octanol–water partition coefficient (Wildman–Crippen LogP) is 2.29. The lowest BCUT2D eigenvalue weighted by Gasteiger charge is -2.29. The van der Waals surface area contributed by atoms with Crippen molar-refractivity contribution in [3.8, 4) is 0 Å². The van der Waals surface area contributed by atoms with Crippen LogP contribution in [0.5, 0.6) is 0 Å². The Morgan fingerprint density at radius 2 is 1.83 bits per heavy atom. The minimum Gasteiger partial charge on any atom is -0.481 e. The van der Waals surface area contributed by atoms with Gasteiger partial charge in [0, 0.05) is 12.5 Å². The zero-order valence-corrected chi connectivity index (χ0v) is 11.8. The van der Waals surface area contributed by atoms with Crippen molar-refractivity contribution in [2.45, 2.75) is 47.0 Å². The van der Waals surface area contributed by atoms with Crippen LogP contribution in [-0.4, -0.2) is 23.5 Å². The summed E-state index contributed by atoms with van der Waals surface area (Å²) in [4.78, 5) is 22.8. The fourth-order valence-corrected chi connectivity index (χ4v) is 2.11. The van der Waals surface area contributed by atoms with Gasteiger partial charge in [-0.05, 0) is 30.6 Å². The second kappa shape index (κ2) is 5.72. The molecule has 0 radical (unpaired) electrons. The summed E-state index contributed by atoms with van der Waals surface area (Å²) in [5.41, 5.74) is 0.0699. The first kappa shape index (κ1) is 15.0. The number of carbonyl (C=O) groups is 2. The third-order valence-electron chi connectivity index (χ3n) is 4.43. The van der Waals surface area contributed by atoms with Crippen LogP contribution in [0, 0.1) is 23.2 Å². The smallest absolute Gasteiger partial charge is 0.306 e. The minimum atomic E-state index is -0.771. The molecule has 0 aromatic carbocycles. The fraction of sp³-hybridized carbons (Fsp3) is 0.857. The van der Waals surface area contributed by atoms with E-state index in [0.29, 0.717) is 31.7 Å². The molecule has 1 amide bonds. The molecule has 0 saturated heterocycles. The van der Waals surface area contributed by atoms with Crippen molar-refractivity contribution < 1.29 is 14.7 Å². The number of rotatable bonds is 5. The number of hydrogen-bond acceptors (Lipinski definition) is 2. The van der Waals surface area contributed by atoms with Crippen LogP contribution in [0.1, 0.15) is 47.0 Å². The largest absolute Gasteiger partial charge is 0.481 e. The monoisotopic (exact) mass is 255 g/mol. The molecule has 2 atom stereocenters. The molecule has 104 valence electrons. The van der Waals surface area contributed by atoms with Gasteiger partial charge in [-0.3, -0.25) is 9.59 Å². The van der Waals surface area contributed by atoms with Gasteiger partial charge < -0.3 is 10.4 Å². The molecule has 4 heteroatoms. The first-order chi connectivity index (χ1) is 8.24. The molecule has 1 aliphatic rings. The Bertz CT molecular complexity index is 323. The molecular weight excluding hydrogens is 230 g/mol. The van der Waals surface area contributed by atoms with E-state index < -0.39 is 5.97 Å². The maximum atomic E-state index is 12.0. The van der Waals surface area contributed by atoms with Crippen molar-refractivity contribution >= 4 is 11.9 Å². The van der Waals surface area contributed by atoms with E-state index in [4.69, 9.17) is 5.11 Å². The van der Waals surface area contributed by atoms with Gasteiger partial charge in [0.25, 0.3) is 0 Å². The van der Waals surface area contributed by atoms with Crippen LogP contribution in [-0.2, 0) is 9.59 Å². The predicted molar refractivity (Wildman–Crippen MR) is 70.1 cm³/mol. The van der Waals surface area contributed by atoms with Gasteiger partial charge in [-0.1, -0.05) is 27.7 Å². The van der Waals surface area contributed by atoms with Crippen LogP contribution in [0.2, 0.25) is 0 Å². The highest BCUT2D eigenvalue weighted by Gasteiger charge is 2.34. The van der Waals surface area contributed by atoms with E-state index in [9.17, 15) is 9.59 Å². The second-order valence-electron chi connectivity index (χ2n) is 6.41. The number of hydrogen-bond donors (Lipinski definition) is 2. The van der Waals surface area contributed by atoms with Gasteiger partial charge in [0.05, 0.1) is 5.92 Å². The summed E-state index contributed by atoms with van der Waals surface area (Å²) in [6, 6.07) is 0. The van der Waals surface area contributed by atoms with Crippen molar-refractivity contribution in [3.63, 3.8) is 0 Å². The van der Waals surface area contributed by atoms with E-state index in [2.05, 4.69) is 33.0 Å². The van der Waals surface area contributed by atoms with Gasteiger partial charge in [-0.15, -0.1) is 0 Å². The highest BCUT2D eigenvalue weighted by Crippen LogP contribution is 2.31. The molecule has 1 fully saturated rings. The molecule has 1 rings (SSSR count). The SMILES string of the molecule is CC(C)C(C)(C)CNC(=O)C1CCC(C(=O)O)C1. The summed E-state index contributed by atoms with van der Waals surface area (Å²) in [7, 11) is 0. The van der Waals surface area contributed by atoms with E-state index in [-0.39, 0.29) is 23.2 Å². The number of carboxylic acids is 1. The summed E-state index contributed by atoms with van der Waals surface area (Å²) in [5, 5.41) is 11.9. The van der Waals surface area contributed by atoms with E-state index in [1.54, 1.807) is 0 Å². The number of carboxylic acid groups (broad SMARTS) is 1. The van der Waals surface area contributed by atoms with Crippen molar-refractivity contribution in [2.24, 2.45) is 23.2 Å². The van der Waals surface area contributed by atoms with E-state index >= 15 is 0 Å². The zero-order valence-electron chi connectivity index (χ0n) is 11.8. The molecule has 2 N–H and O–H groups in total. The number of carbonyl (C=O) groups excluding carboxylic acids is 1. The molecule has 2 unspecified atom stereocenters. The summed E-state index contributed by atoms with van der Waals surface area (Å²) in [6.07, 6.45) is 1.81. The molecule has 0 aromatic rings. The summed E-state index contributed by atoms with van der Waals surface area (Å²) in [5.74, 6) is -0.707. The normalized spacial score (nSPS) is 24.3. The molecule has 0 heterocycles. The van der Waals surface area contributed by atoms with E-state index in [0.717, 1.165) is 0 Å². The van der Waals surface area contributed by atoms with Crippen molar-refractivity contribution in [3.05, 3.63) is 0 Å². The van der Waals surface area contributed by atoms with E-state index in [1.165, 1.54) is 0 Å². The number of amides is 1. The molecule has 4 nitrogen and oxygen atoms in total. The Hall–Kier alpha value is -1.06. The van der Waals surface area contributed by atoms with Gasteiger partial charge in [0.15, 0.2) is 0 Å². The van der Waals surface area contributed by atoms with Crippen LogP contribution >= 0.6 is 0 Å². The average Bonchev–Trinajstić information content (AvgIpc) is 2.75. The molecule has 0 aromatic heterocycles. The Morgan fingerprint density at radius 3 is 2.28 bits per heavy atom. The van der Waals surface area contributed by atoms with Gasteiger partial charge in [-0.2, -0.15) is 0 Å². The standard InChI is InChI=1S/C14H25NO3/c1-9(2)14(3,4)8-15-12(16)10-5-6-11(7-10)13(17)18/h9-11H,5-8H2,1-4H3,(H,15,16)(H,17,18). The Labute approximate surface area is 109 Å². The zero-order chi connectivity index (χ0) is 13.9. The second-order valence-corrected chi connectivity index (χ2v) is 6.41. The molecule has 0 spiro atoms. The fourth-order valence-electron chi connectivity index (χ4n) is 2.11. The van der Waals surface area contributed by atoms with E-state index in [1.807, 2.05) is 0 Å². The summed E-state index contributed by atoms with van der Waals surface area (Å²) < 4.78 is 0. The maximum absolute atomic E-state index is 12.0. The van der Waals surface area contributed by atoms with Crippen molar-refractivity contribution in [1.82, 2.24) is 5.32 Å². The van der Waals surface area contributed by atoms with Crippen molar-refractivity contribution in [2.75, 3.05) is 6.54 Å². The highest BCUT2D eigenvalue weighted by atomic mass is 16.4. The van der Waals surface area contributed by atoms with Gasteiger partial charge in [-0.25, -0.2) is 0 Å². The average molecular weight is 255 g/mol. The lowest BCUT2D eigenvalue weighted by atomic mass is 9.81. The topological polar surface area (TPSA) is 66.4 Å². The van der Waals surface area contributed by atoms with Crippen LogP contribution in [0.3, 0.4) is 0 Å². The van der Waals surface area contributed by atoms with Gasteiger partial charge >= 0.3 is 5.97 Å². The molecule has 0 aliphatic heterocycles. The summed E-state index contributed by atoms with van der Waals surface area (Å²) in [6.45, 7) is 9.20. The van der Waals surface area contributed by atoms with Gasteiger partial charge in [0.1, 0.15) is 0 Å². The third-order valence-corrected chi connectivity index (χ3v) is 4.43. The van der Waals surface area contributed by atoms with Gasteiger partial charge in [0.2, 0.25) is 5.91 Å². The molecule has 1 saturated carbocycles. The first-order valence-electron chi connectivity index (χ1n) is 6.74. The third kappa shape index (κ3) is 3.72. The number of nitrogens with one attached hydrogen (secondary N) is 1. The molecule has 18 heavy (non-hydrogen) atoms. The lowest BCUT2D eigenvalue weighted by molar-refractivity contribution is -0.141. The highest BCUT2D eigenvalue weighted by molar-refractivity contribution is 5.80. The van der Waals surface area contributed by atoms with Crippen LogP contribution in [0.4, 0.5) is 0 Å². The van der Waals surface area contributed by atoms with Crippen LogP contribution < -0.4 is 5.32 Å². The van der Waals surface area contributed by atoms with Crippen molar-refractivity contribution in [1.29, 1.82) is 0 Å². The minimum absolute atomic E-state index is 0.0208. The number of aliphatic carboxylic acids is 1. The molecule has 0 bridgehead atoms. The Balaban J connectivity index is 2.41. The van der Waals surface area contributed by atoms with Crippen LogP contribution in [0.25, 0.3) is 0 Å². The molecule has 1 aliphatic carbocycles. The molecular formula is C14H25NO3. The maximum Gasteiger partial charge on any atom is 0.306 e. The first-order valence-corrected chi connectivity index (χ1v) is 6.74. The quantitative estimate of drug-likeness (QED) is 0.792. The van der Waals surface area contributed by atoms with Crippen LogP contribution in [0.15, 0.2) is 0 Å². The Kier molecular flexibility index (Phi) is 4.77. The summed E-state index contributed by atoms with van der Waals surface area (Å²) >= 11 is 0.